The molecule has 1 aliphatic heterocycles. The Bertz CT molecular complexity index is 1130. The van der Waals surface area contributed by atoms with Crippen LogP contribution in [0.2, 0.25) is 0 Å². The van der Waals surface area contributed by atoms with Gasteiger partial charge >= 0.3 is 0 Å². The number of anilines is 3. The minimum Gasteiger partial charge on any atom is -0.366 e. The Labute approximate surface area is 200 Å². The van der Waals surface area contributed by atoms with Crippen LogP contribution in [0.4, 0.5) is 21.6 Å². The van der Waals surface area contributed by atoms with E-state index < -0.39 is 0 Å². The molecule has 0 bridgehead atoms. The Kier molecular flexibility index (Phi) is 7.31. The third-order valence-electron chi connectivity index (χ3n) is 6.00. The average Bonchev–Trinajstić information content (AvgIpc) is 3.22. The van der Waals surface area contributed by atoms with E-state index in [1.165, 1.54) is 12.1 Å². The van der Waals surface area contributed by atoms with Crippen molar-refractivity contribution >= 4 is 36.6 Å². The Hall–Kier alpha value is -3.07. The van der Waals surface area contributed by atoms with Crippen molar-refractivity contribution < 1.29 is 9.18 Å². The molecule has 2 N–H and O–H groups in total. The number of benzene rings is 1. The van der Waals surface area contributed by atoms with Crippen molar-refractivity contribution in [2.75, 3.05) is 22.6 Å². The molecule has 1 aliphatic rings. The maximum absolute atomic E-state index is 13.2. The van der Waals surface area contributed by atoms with Gasteiger partial charge in [-0.15, -0.1) is 0 Å². The summed E-state index contributed by atoms with van der Waals surface area (Å²) in [7, 11) is 1.95. The van der Waals surface area contributed by atoms with Crippen LogP contribution < -0.4 is 15.5 Å². The van der Waals surface area contributed by atoms with E-state index in [2.05, 4.69) is 20.7 Å². The zero-order valence-electron chi connectivity index (χ0n) is 19.6. The number of amides is 1. The lowest BCUT2D eigenvalue weighted by Gasteiger charge is -2.38. The number of carbonyl (C=O) groups excluding carboxylic acids is 1. The van der Waals surface area contributed by atoms with E-state index in [-0.39, 0.29) is 43.2 Å². The lowest BCUT2D eigenvalue weighted by Crippen LogP contribution is -2.49. The second-order valence-corrected chi connectivity index (χ2v) is 8.69. The summed E-state index contributed by atoms with van der Waals surface area (Å²) in [5.41, 5.74) is 4.50. The first kappa shape index (κ1) is 24.6. The number of aryl methyl sites for hydroxylation is 1. The molecule has 0 spiro atoms. The van der Waals surface area contributed by atoms with Crippen molar-refractivity contribution in [3.05, 3.63) is 65.4 Å². The predicted octanol–water partition coefficient (Wildman–Crippen LogP) is 4.47. The van der Waals surface area contributed by atoms with Gasteiger partial charge in [-0.1, -0.05) is 26.0 Å². The molecule has 33 heavy (non-hydrogen) atoms. The van der Waals surface area contributed by atoms with Gasteiger partial charge in [0.05, 0.1) is 29.3 Å². The van der Waals surface area contributed by atoms with E-state index in [1.807, 2.05) is 62.8 Å². The van der Waals surface area contributed by atoms with Crippen LogP contribution in [0.25, 0.3) is 0 Å². The van der Waals surface area contributed by atoms with Crippen molar-refractivity contribution in [3.63, 3.8) is 0 Å². The van der Waals surface area contributed by atoms with Crippen molar-refractivity contribution in [2.24, 2.45) is 5.92 Å². The fourth-order valence-corrected chi connectivity index (χ4v) is 4.22. The molecule has 3 heterocycles. The molecule has 2 aromatic heterocycles. The monoisotopic (exact) mass is 470 g/mol. The van der Waals surface area contributed by atoms with Gasteiger partial charge in [0.25, 0.3) is 0 Å². The number of aromatic nitrogens is 3. The van der Waals surface area contributed by atoms with Crippen LogP contribution in [0.15, 0.2) is 42.7 Å². The molecule has 9 heteroatoms. The molecular formula is C24H31FN6OS. The number of carbonyl (C=O) groups is 1. The maximum atomic E-state index is 13.2. The van der Waals surface area contributed by atoms with E-state index in [0.29, 0.717) is 6.54 Å². The SMILES string of the molecule is Cc1nc(NCc2cnn(C(C)c3ccc(F)cc3)c2)cc2c1NC(=O)[C@H](C(C)C)N2C.S. The quantitative estimate of drug-likeness (QED) is 0.556. The topological polar surface area (TPSA) is 75.1 Å². The number of pyridine rings is 1. The minimum atomic E-state index is -0.246. The normalized spacial score (nSPS) is 16.2. The van der Waals surface area contributed by atoms with Crippen LogP contribution in [0.5, 0.6) is 0 Å². The highest BCUT2D eigenvalue weighted by Crippen LogP contribution is 2.36. The van der Waals surface area contributed by atoms with Crippen LogP contribution in [-0.4, -0.2) is 33.8 Å². The Balaban J connectivity index is 0.00000306. The van der Waals surface area contributed by atoms with E-state index >= 15 is 0 Å². The number of fused-ring (bicyclic) bond motifs is 1. The van der Waals surface area contributed by atoms with Crippen molar-refractivity contribution in [1.29, 1.82) is 0 Å². The van der Waals surface area contributed by atoms with E-state index in [4.69, 9.17) is 0 Å². The zero-order chi connectivity index (χ0) is 23.0. The van der Waals surface area contributed by atoms with E-state index in [1.54, 1.807) is 12.1 Å². The predicted molar refractivity (Wildman–Crippen MR) is 135 cm³/mol. The maximum Gasteiger partial charge on any atom is 0.247 e. The Morgan fingerprint density at radius 2 is 1.91 bits per heavy atom. The van der Waals surface area contributed by atoms with Crippen LogP contribution in [0, 0.1) is 18.7 Å². The van der Waals surface area contributed by atoms with E-state index in [9.17, 15) is 9.18 Å². The molecule has 0 aliphatic carbocycles. The molecule has 4 rings (SSSR count). The minimum absolute atomic E-state index is 0. The Morgan fingerprint density at radius 3 is 2.58 bits per heavy atom. The van der Waals surface area contributed by atoms with Gasteiger partial charge in [-0.3, -0.25) is 9.48 Å². The summed E-state index contributed by atoms with van der Waals surface area (Å²) in [4.78, 5) is 19.2. The third-order valence-corrected chi connectivity index (χ3v) is 6.00. The highest BCUT2D eigenvalue weighted by Gasteiger charge is 2.34. The zero-order valence-corrected chi connectivity index (χ0v) is 20.6. The van der Waals surface area contributed by atoms with Crippen molar-refractivity contribution in [2.45, 2.75) is 46.3 Å². The number of hydrogen-bond donors (Lipinski definition) is 2. The van der Waals surface area contributed by atoms with Gasteiger partial charge in [0.2, 0.25) is 5.91 Å². The molecule has 0 saturated carbocycles. The van der Waals surface area contributed by atoms with Gasteiger partial charge in [-0.25, -0.2) is 9.37 Å². The second-order valence-electron chi connectivity index (χ2n) is 8.69. The summed E-state index contributed by atoms with van der Waals surface area (Å²) in [6.45, 7) is 8.58. The van der Waals surface area contributed by atoms with Gasteiger partial charge in [0.1, 0.15) is 17.7 Å². The summed E-state index contributed by atoms with van der Waals surface area (Å²) in [6.07, 6.45) is 3.80. The Morgan fingerprint density at radius 1 is 1.21 bits per heavy atom. The van der Waals surface area contributed by atoms with Crippen LogP contribution >= 0.6 is 13.5 Å². The number of rotatable bonds is 6. The number of hydrogen-bond acceptors (Lipinski definition) is 5. The molecule has 0 saturated heterocycles. The summed E-state index contributed by atoms with van der Waals surface area (Å²) in [5.74, 6) is 0.686. The molecule has 1 aromatic carbocycles. The van der Waals surface area contributed by atoms with E-state index in [0.717, 1.165) is 34.0 Å². The molecule has 0 radical (unpaired) electrons. The first-order valence-electron chi connectivity index (χ1n) is 10.8. The molecule has 1 unspecified atom stereocenters. The number of nitrogens with zero attached hydrogens (tertiary/aromatic N) is 4. The third kappa shape index (κ3) is 4.98. The van der Waals surface area contributed by atoms with Gasteiger partial charge in [0.15, 0.2) is 0 Å². The van der Waals surface area contributed by atoms with Crippen LogP contribution in [0.3, 0.4) is 0 Å². The molecule has 7 nitrogen and oxygen atoms in total. The molecule has 0 fully saturated rings. The molecule has 3 aromatic rings. The number of halogens is 1. The largest absolute Gasteiger partial charge is 0.366 e. The van der Waals surface area contributed by atoms with Crippen LogP contribution in [-0.2, 0) is 11.3 Å². The second kappa shape index (κ2) is 9.82. The van der Waals surface area contributed by atoms with Crippen molar-refractivity contribution in [1.82, 2.24) is 14.8 Å². The van der Waals surface area contributed by atoms with Gasteiger partial charge in [0, 0.05) is 31.4 Å². The standard InChI is InChI=1S/C24H29FN6O.H2S/c1-14(2)23-24(32)29-22-15(3)28-21(10-20(22)30(23)5)26-11-17-12-27-31(13-17)16(4)18-6-8-19(25)9-7-18;/h6-10,12-14,16,23H,11H2,1-5H3,(H,26,28)(H,29,32);1H2/t16?,23-;/m0./s1. The first-order valence-corrected chi connectivity index (χ1v) is 10.8. The van der Waals surface area contributed by atoms with Crippen LogP contribution in [0.1, 0.15) is 43.6 Å². The van der Waals surface area contributed by atoms with Gasteiger partial charge in [-0.05, 0) is 37.5 Å². The lowest BCUT2D eigenvalue weighted by molar-refractivity contribution is -0.118. The number of likely N-dealkylation sites (N-methyl/N-ethyl adjacent to an activating group) is 1. The smallest absolute Gasteiger partial charge is 0.247 e. The highest BCUT2D eigenvalue weighted by molar-refractivity contribution is 7.59. The molecular weight excluding hydrogens is 439 g/mol. The van der Waals surface area contributed by atoms with Gasteiger partial charge in [-0.2, -0.15) is 18.6 Å². The first-order chi connectivity index (χ1) is 15.2. The highest BCUT2D eigenvalue weighted by atomic mass is 32.1. The summed E-state index contributed by atoms with van der Waals surface area (Å²) >= 11 is 0. The fraction of sp³-hybridized carbons (Fsp3) is 0.375. The summed E-state index contributed by atoms with van der Waals surface area (Å²) < 4.78 is 15.1. The fourth-order valence-electron chi connectivity index (χ4n) is 4.22. The summed E-state index contributed by atoms with van der Waals surface area (Å²) in [5, 5.41) is 10.9. The molecule has 1 amide bonds. The van der Waals surface area contributed by atoms with Gasteiger partial charge < -0.3 is 15.5 Å². The van der Waals surface area contributed by atoms with Crippen molar-refractivity contribution in [3.8, 4) is 0 Å². The lowest BCUT2D eigenvalue weighted by atomic mass is 9.98. The molecule has 176 valence electrons. The summed E-state index contributed by atoms with van der Waals surface area (Å²) in [6, 6.07) is 8.24. The number of nitrogens with one attached hydrogen (secondary N) is 2. The average molecular weight is 471 g/mol. The molecule has 2 atom stereocenters.